The molecule has 0 spiro atoms. The molecule has 1 aliphatic heterocycles. The Balaban J connectivity index is 1.84. The Hall–Kier alpha value is -0.770. The number of urea groups is 1. The standard InChI is InChI=1S/C12H23N3O/c1-9(2)15(8-11-4-3-7-13-11)12(16)14-10-5-6-10/h9-11,13H,3-8H2,1-2H3,(H,14,16). The highest BCUT2D eigenvalue weighted by atomic mass is 16.2. The number of nitrogens with zero attached hydrogens (tertiary/aromatic N) is 1. The molecule has 1 heterocycles. The molecule has 1 saturated carbocycles. The normalized spacial score (nSPS) is 24.8. The number of amides is 2. The van der Waals surface area contributed by atoms with Crippen molar-refractivity contribution in [1.29, 1.82) is 0 Å². The third kappa shape index (κ3) is 3.11. The van der Waals surface area contributed by atoms with Gasteiger partial charge in [-0.25, -0.2) is 4.79 Å². The van der Waals surface area contributed by atoms with Gasteiger partial charge in [0.1, 0.15) is 0 Å². The van der Waals surface area contributed by atoms with E-state index in [1.54, 1.807) is 0 Å². The quantitative estimate of drug-likeness (QED) is 0.758. The number of carbonyl (C=O) groups is 1. The minimum absolute atomic E-state index is 0.117. The van der Waals surface area contributed by atoms with Crippen LogP contribution in [-0.2, 0) is 0 Å². The van der Waals surface area contributed by atoms with Crippen LogP contribution in [0.5, 0.6) is 0 Å². The van der Waals surface area contributed by atoms with Gasteiger partial charge in [0.2, 0.25) is 0 Å². The number of hydrogen-bond acceptors (Lipinski definition) is 2. The van der Waals surface area contributed by atoms with Gasteiger partial charge < -0.3 is 15.5 Å². The van der Waals surface area contributed by atoms with Crippen LogP contribution < -0.4 is 10.6 Å². The SMILES string of the molecule is CC(C)N(CC1CCCN1)C(=O)NC1CC1. The fraction of sp³-hybridized carbons (Fsp3) is 0.917. The van der Waals surface area contributed by atoms with Gasteiger partial charge in [-0.2, -0.15) is 0 Å². The van der Waals surface area contributed by atoms with Crippen molar-refractivity contribution in [2.75, 3.05) is 13.1 Å². The molecule has 1 aliphatic carbocycles. The van der Waals surface area contributed by atoms with Gasteiger partial charge in [0.25, 0.3) is 0 Å². The average molecular weight is 225 g/mol. The molecular formula is C12H23N3O. The lowest BCUT2D eigenvalue weighted by molar-refractivity contribution is 0.176. The van der Waals surface area contributed by atoms with Crippen LogP contribution in [-0.4, -0.2) is 42.1 Å². The molecule has 2 N–H and O–H groups in total. The van der Waals surface area contributed by atoms with Crippen molar-refractivity contribution in [2.45, 2.75) is 57.7 Å². The van der Waals surface area contributed by atoms with Gasteiger partial charge in [0.05, 0.1) is 0 Å². The first-order valence-electron chi connectivity index (χ1n) is 6.47. The smallest absolute Gasteiger partial charge is 0.317 e. The first-order chi connectivity index (χ1) is 7.66. The zero-order valence-electron chi connectivity index (χ0n) is 10.3. The Morgan fingerprint density at radius 3 is 2.69 bits per heavy atom. The zero-order valence-corrected chi connectivity index (χ0v) is 10.3. The van der Waals surface area contributed by atoms with Gasteiger partial charge in [-0.15, -0.1) is 0 Å². The van der Waals surface area contributed by atoms with Crippen molar-refractivity contribution in [1.82, 2.24) is 15.5 Å². The van der Waals surface area contributed by atoms with Gasteiger partial charge in [0.15, 0.2) is 0 Å². The number of rotatable bonds is 4. The highest BCUT2D eigenvalue weighted by molar-refractivity contribution is 5.75. The Morgan fingerprint density at radius 1 is 1.44 bits per heavy atom. The Kier molecular flexibility index (Phi) is 3.69. The largest absolute Gasteiger partial charge is 0.335 e. The number of hydrogen-bond donors (Lipinski definition) is 2. The van der Waals surface area contributed by atoms with E-state index < -0.39 is 0 Å². The van der Waals surface area contributed by atoms with Crippen LogP contribution in [0.3, 0.4) is 0 Å². The third-order valence-corrected chi connectivity index (χ3v) is 3.37. The van der Waals surface area contributed by atoms with Gasteiger partial charge in [-0.3, -0.25) is 0 Å². The molecule has 2 rings (SSSR count). The second-order valence-electron chi connectivity index (χ2n) is 5.26. The third-order valence-electron chi connectivity index (χ3n) is 3.37. The summed E-state index contributed by atoms with van der Waals surface area (Å²) in [6.07, 6.45) is 4.74. The molecule has 0 aromatic rings. The van der Waals surface area contributed by atoms with Crippen LogP contribution in [0.1, 0.15) is 39.5 Å². The summed E-state index contributed by atoms with van der Waals surface area (Å²) in [6.45, 7) is 6.11. The molecule has 16 heavy (non-hydrogen) atoms. The van der Waals surface area contributed by atoms with Gasteiger partial charge >= 0.3 is 6.03 Å². The zero-order chi connectivity index (χ0) is 11.5. The summed E-state index contributed by atoms with van der Waals surface area (Å²) in [5, 5.41) is 6.51. The maximum absolute atomic E-state index is 12.0. The van der Waals surface area contributed by atoms with Gasteiger partial charge in [-0.1, -0.05) is 0 Å². The van der Waals surface area contributed by atoms with Crippen molar-refractivity contribution < 1.29 is 4.79 Å². The highest BCUT2D eigenvalue weighted by Gasteiger charge is 2.28. The van der Waals surface area contributed by atoms with E-state index in [2.05, 4.69) is 24.5 Å². The predicted octanol–water partition coefficient (Wildman–Crippen LogP) is 1.32. The molecular weight excluding hydrogens is 202 g/mol. The van der Waals surface area contributed by atoms with Crippen LogP contribution in [0, 0.1) is 0 Å². The summed E-state index contributed by atoms with van der Waals surface area (Å²) in [5.74, 6) is 0. The molecule has 4 nitrogen and oxygen atoms in total. The lowest BCUT2D eigenvalue weighted by Crippen LogP contribution is -2.49. The summed E-state index contributed by atoms with van der Waals surface area (Å²) in [4.78, 5) is 14.0. The van der Waals surface area contributed by atoms with Crippen molar-refractivity contribution in [2.24, 2.45) is 0 Å². The molecule has 1 unspecified atom stereocenters. The van der Waals surface area contributed by atoms with E-state index in [9.17, 15) is 4.79 Å². The molecule has 2 aliphatic rings. The molecule has 0 aromatic carbocycles. The maximum atomic E-state index is 12.0. The second-order valence-corrected chi connectivity index (χ2v) is 5.26. The van der Waals surface area contributed by atoms with Crippen molar-refractivity contribution in [3.8, 4) is 0 Å². The molecule has 2 amide bonds. The fourth-order valence-corrected chi connectivity index (χ4v) is 2.16. The lowest BCUT2D eigenvalue weighted by Gasteiger charge is -2.29. The Bertz CT molecular complexity index is 245. The summed E-state index contributed by atoms with van der Waals surface area (Å²) in [7, 11) is 0. The molecule has 92 valence electrons. The fourth-order valence-electron chi connectivity index (χ4n) is 2.16. The molecule has 0 aromatic heterocycles. The minimum atomic E-state index is 0.117. The van der Waals surface area contributed by atoms with Crippen molar-refractivity contribution in [3.63, 3.8) is 0 Å². The van der Waals surface area contributed by atoms with Crippen LogP contribution in [0.4, 0.5) is 4.79 Å². The van der Waals surface area contributed by atoms with Crippen molar-refractivity contribution in [3.05, 3.63) is 0 Å². The first-order valence-corrected chi connectivity index (χ1v) is 6.47. The Labute approximate surface area is 97.8 Å². The van der Waals surface area contributed by atoms with E-state index in [1.165, 1.54) is 12.8 Å². The molecule has 1 atom stereocenters. The van der Waals surface area contributed by atoms with E-state index in [-0.39, 0.29) is 12.1 Å². The van der Waals surface area contributed by atoms with Crippen LogP contribution >= 0.6 is 0 Å². The van der Waals surface area contributed by atoms with Crippen LogP contribution in [0.15, 0.2) is 0 Å². The monoisotopic (exact) mass is 225 g/mol. The lowest BCUT2D eigenvalue weighted by atomic mass is 10.2. The number of carbonyl (C=O) groups excluding carboxylic acids is 1. The summed E-state index contributed by atoms with van der Waals surface area (Å²) in [6, 6.07) is 1.34. The number of nitrogens with one attached hydrogen (secondary N) is 2. The first kappa shape index (κ1) is 11.7. The molecule has 0 bridgehead atoms. The van der Waals surface area contributed by atoms with Crippen LogP contribution in [0.2, 0.25) is 0 Å². The molecule has 4 heteroatoms. The predicted molar refractivity (Wildman–Crippen MR) is 64.4 cm³/mol. The second kappa shape index (κ2) is 5.04. The molecule has 1 saturated heterocycles. The average Bonchev–Trinajstić information content (AvgIpc) is 2.89. The van der Waals surface area contributed by atoms with E-state index in [4.69, 9.17) is 0 Å². The molecule has 0 radical (unpaired) electrons. The Morgan fingerprint density at radius 2 is 2.19 bits per heavy atom. The maximum Gasteiger partial charge on any atom is 0.317 e. The minimum Gasteiger partial charge on any atom is -0.335 e. The van der Waals surface area contributed by atoms with Crippen molar-refractivity contribution >= 4 is 6.03 Å². The molecule has 2 fully saturated rings. The van der Waals surface area contributed by atoms with E-state index in [0.717, 1.165) is 25.9 Å². The highest BCUT2D eigenvalue weighted by Crippen LogP contribution is 2.19. The summed E-state index contributed by atoms with van der Waals surface area (Å²) < 4.78 is 0. The summed E-state index contributed by atoms with van der Waals surface area (Å²) in [5.41, 5.74) is 0. The van der Waals surface area contributed by atoms with E-state index in [1.807, 2.05) is 4.90 Å². The van der Waals surface area contributed by atoms with E-state index in [0.29, 0.717) is 12.1 Å². The van der Waals surface area contributed by atoms with Gasteiger partial charge in [-0.05, 0) is 46.1 Å². The van der Waals surface area contributed by atoms with Gasteiger partial charge in [0, 0.05) is 24.7 Å². The van der Waals surface area contributed by atoms with Crippen LogP contribution in [0.25, 0.3) is 0 Å². The topological polar surface area (TPSA) is 44.4 Å². The summed E-state index contributed by atoms with van der Waals surface area (Å²) >= 11 is 0. The van der Waals surface area contributed by atoms with E-state index >= 15 is 0 Å².